The van der Waals surface area contributed by atoms with E-state index in [9.17, 15) is 13.2 Å². The minimum Gasteiger partial charge on any atom is -0.305 e. The highest BCUT2D eigenvalue weighted by Crippen LogP contribution is 2.28. The molecule has 6 heteroatoms. The Morgan fingerprint density at radius 2 is 1.89 bits per heavy atom. The third-order valence-electron chi connectivity index (χ3n) is 3.76. The summed E-state index contributed by atoms with van der Waals surface area (Å²) in [6.07, 6.45) is 0. The van der Waals surface area contributed by atoms with Gasteiger partial charge in [0.2, 0.25) is 5.91 Å². The van der Waals surface area contributed by atoms with Gasteiger partial charge >= 0.3 is 0 Å². The van der Waals surface area contributed by atoms with Gasteiger partial charge in [0.25, 0.3) is 0 Å². The molecule has 1 N–H and O–H groups in total. The highest BCUT2D eigenvalue weighted by molar-refractivity contribution is 7.91. The van der Waals surface area contributed by atoms with Crippen LogP contribution in [0.3, 0.4) is 0 Å². The van der Waals surface area contributed by atoms with E-state index in [0.29, 0.717) is 0 Å². The molecule has 2 saturated heterocycles. The summed E-state index contributed by atoms with van der Waals surface area (Å²) < 4.78 is 23.6. The number of benzene rings is 1. The second kappa shape index (κ2) is 4.31. The van der Waals surface area contributed by atoms with E-state index in [1.54, 1.807) is 11.8 Å². The molecule has 3 atom stereocenters. The molecule has 19 heavy (non-hydrogen) atoms. The molecule has 3 rings (SSSR count). The predicted octanol–water partition coefficient (Wildman–Crippen LogP) is 0.177. The topological polar surface area (TPSA) is 66.5 Å². The smallest absolute Gasteiger partial charge is 0.244 e. The number of nitrogens with zero attached hydrogens (tertiary/aromatic N) is 1. The van der Waals surface area contributed by atoms with Crippen LogP contribution in [0.25, 0.3) is 0 Å². The molecule has 0 aliphatic carbocycles. The van der Waals surface area contributed by atoms with Crippen LogP contribution in [-0.4, -0.2) is 44.0 Å². The second-order valence-corrected chi connectivity index (χ2v) is 7.34. The predicted molar refractivity (Wildman–Crippen MR) is 72.8 cm³/mol. The van der Waals surface area contributed by atoms with Crippen LogP contribution in [0.15, 0.2) is 30.3 Å². The molecule has 102 valence electrons. The maximum absolute atomic E-state index is 12.3. The van der Waals surface area contributed by atoms with E-state index < -0.39 is 9.84 Å². The van der Waals surface area contributed by atoms with Crippen LogP contribution in [0.1, 0.15) is 6.92 Å². The van der Waals surface area contributed by atoms with Gasteiger partial charge in [0.15, 0.2) is 9.84 Å². The first-order chi connectivity index (χ1) is 8.98. The van der Waals surface area contributed by atoms with Crippen molar-refractivity contribution in [1.29, 1.82) is 0 Å². The molecule has 1 amide bonds. The minimum atomic E-state index is -3.07. The van der Waals surface area contributed by atoms with Crippen LogP contribution in [0.4, 0.5) is 5.69 Å². The van der Waals surface area contributed by atoms with Crippen molar-refractivity contribution in [3.05, 3.63) is 30.3 Å². The molecule has 0 aromatic heterocycles. The average molecular weight is 280 g/mol. The number of anilines is 1. The van der Waals surface area contributed by atoms with Gasteiger partial charge in [0, 0.05) is 11.7 Å². The third kappa shape index (κ3) is 2.15. The molecule has 2 aliphatic heterocycles. The standard InChI is InChI=1S/C13H16N2O3S/c1-9-13(16)15(10-5-3-2-4-6-10)12-8-19(17,18)7-11(12)14-9/h2-6,9,11-12,14H,7-8H2,1H3/t9-,11+,12-/m0/s1. The Labute approximate surface area is 112 Å². The first-order valence-electron chi connectivity index (χ1n) is 6.32. The number of carbonyl (C=O) groups excluding carboxylic acids is 1. The first kappa shape index (κ1) is 12.6. The Balaban J connectivity index is 2.02. The summed E-state index contributed by atoms with van der Waals surface area (Å²) in [6.45, 7) is 1.78. The Kier molecular flexibility index (Phi) is 2.87. The van der Waals surface area contributed by atoms with Gasteiger partial charge in [-0.25, -0.2) is 8.42 Å². The number of hydrogen-bond donors (Lipinski definition) is 1. The van der Waals surface area contributed by atoms with Crippen molar-refractivity contribution in [3.8, 4) is 0 Å². The van der Waals surface area contributed by atoms with Crippen LogP contribution < -0.4 is 10.2 Å². The molecular weight excluding hydrogens is 264 g/mol. The molecule has 2 fully saturated rings. The highest BCUT2D eigenvalue weighted by Gasteiger charge is 2.48. The van der Waals surface area contributed by atoms with Crippen molar-refractivity contribution in [2.75, 3.05) is 16.4 Å². The maximum Gasteiger partial charge on any atom is 0.244 e. The molecular formula is C13H16N2O3S. The Hall–Kier alpha value is -1.40. The lowest BCUT2D eigenvalue weighted by Gasteiger charge is -2.40. The van der Waals surface area contributed by atoms with Crippen LogP contribution in [0.5, 0.6) is 0 Å². The van der Waals surface area contributed by atoms with Gasteiger partial charge in [-0.15, -0.1) is 0 Å². The Morgan fingerprint density at radius 1 is 1.21 bits per heavy atom. The van der Waals surface area contributed by atoms with Gasteiger partial charge in [-0.05, 0) is 19.1 Å². The molecule has 0 spiro atoms. The number of para-hydroxylation sites is 1. The summed E-state index contributed by atoms with van der Waals surface area (Å²) in [4.78, 5) is 14.0. The fourth-order valence-electron chi connectivity index (χ4n) is 2.91. The van der Waals surface area contributed by atoms with Crippen molar-refractivity contribution in [1.82, 2.24) is 5.32 Å². The number of fused-ring (bicyclic) bond motifs is 1. The fourth-order valence-corrected chi connectivity index (χ4v) is 4.82. The summed E-state index contributed by atoms with van der Waals surface area (Å²) in [5, 5.41) is 3.11. The zero-order chi connectivity index (χ0) is 13.6. The number of sulfone groups is 1. The van der Waals surface area contributed by atoms with Crippen LogP contribution in [-0.2, 0) is 14.6 Å². The van der Waals surface area contributed by atoms with Gasteiger partial charge in [-0.2, -0.15) is 0 Å². The summed E-state index contributed by atoms with van der Waals surface area (Å²) in [5.74, 6) is 0.0842. The van der Waals surface area contributed by atoms with Crippen LogP contribution >= 0.6 is 0 Å². The van der Waals surface area contributed by atoms with Crippen molar-refractivity contribution in [2.24, 2.45) is 0 Å². The number of hydrogen-bond acceptors (Lipinski definition) is 4. The molecule has 1 aromatic carbocycles. The number of piperazine rings is 1. The molecule has 0 bridgehead atoms. The number of carbonyl (C=O) groups is 1. The number of amides is 1. The van der Waals surface area contributed by atoms with Gasteiger partial charge in [-0.3, -0.25) is 4.79 Å². The van der Waals surface area contributed by atoms with Crippen LogP contribution in [0, 0.1) is 0 Å². The number of nitrogens with one attached hydrogen (secondary N) is 1. The molecule has 0 saturated carbocycles. The number of rotatable bonds is 1. The van der Waals surface area contributed by atoms with Crippen LogP contribution in [0.2, 0.25) is 0 Å². The molecule has 1 aromatic rings. The van der Waals surface area contributed by atoms with E-state index >= 15 is 0 Å². The molecule has 2 heterocycles. The molecule has 0 radical (unpaired) electrons. The van der Waals surface area contributed by atoms with E-state index in [1.165, 1.54) is 0 Å². The second-order valence-electron chi connectivity index (χ2n) is 5.18. The van der Waals surface area contributed by atoms with E-state index in [2.05, 4.69) is 5.32 Å². The van der Waals surface area contributed by atoms with Gasteiger partial charge < -0.3 is 10.2 Å². The van der Waals surface area contributed by atoms with E-state index in [-0.39, 0.29) is 35.5 Å². The third-order valence-corrected chi connectivity index (χ3v) is 5.48. The Morgan fingerprint density at radius 3 is 2.58 bits per heavy atom. The zero-order valence-electron chi connectivity index (χ0n) is 10.6. The largest absolute Gasteiger partial charge is 0.305 e. The lowest BCUT2D eigenvalue weighted by Crippen LogP contribution is -2.64. The quantitative estimate of drug-likeness (QED) is 0.797. The average Bonchev–Trinajstić information content (AvgIpc) is 2.65. The van der Waals surface area contributed by atoms with Crippen molar-refractivity contribution >= 4 is 21.4 Å². The monoisotopic (exact) mass is 280 g/mol. The first-order valence-corrected chi connectivity index (χ1v) is 8.15. The van der Waals surface area contributed by atoms with E-state index in [1.807, 2.05) is 30.3 Å². The van der Waals surface area contributed by atoms with Gasteiger partial charge in [0.05, 0.1) is 23.6 Å². The summed E-state index contributed by atoms with van der Waals surface area (Å²) in [7, 11) is -3.07. The van der Waals surface area contributed by atoms with Crippen molar-refractivity contribution in [2.45, 2.75) is 25.0 Å². The lowest BCUT2D eigenvalue weighted by atomic mass is 10.0. The van der Waals surface area contributed by atoms with Crippen molar-refractivity contribution in [3.63, 3.8) is 0 Å². The van der Waals surface area contributed by atoms with Crippen molar-refractivity contribution < 1.29 is 13.2 Å². The summed E-state index contributed by atoms with van der Waals surface area (Å²) in [5.41, 5.74) is 0.771. The molecule has 2 aliphatic rings. The van der Waals surface area contributed by atoms with Gasteiger partial charge in [-0.1, -0.05) is 18.2 Å². The fraction of sp³-hybridized carbons (Fsp3) is 0.462. The lowest BCUT2D eigenvalue weighted by molar-refractivity contribution is -0.122. The normalized spacial score (nSPS) is 33.2. The highest BCUT2D eigenvalue weighted by atomic mass is 32.2. The van der Waals surface area contributed by atoms with Gasteiger partial charge in [0.1, 0.15) is 0 Å². The SMILES string of the molecule is C[C@@H]1N[C@@H]2CS(=O)(=O)C[C@@H]2N(c2ccccc2)C1=O. The zero-order valence-corrected chi connectivity index (χ0v) is 11.4. The summed E-state index contributed by atoms with van der Waals surface area (Å²) in [6, 6.07) is 8.46. The molecule has 0 unspecified atom stereocenters. The maximum atomic E-state index is 12.3. The van der Waals surface area contributed by atoms with E-state index in [4.69, 9.17) is 0 Å². The Bertz CT molecular complexity index is 600. The van der Waals surface area contributed by atoms with E-state index in [0.717, 1.165) is 5.69 Å². The molecule has 5 nitrogen and oxygen atoms in total. The summed E-state index contributed by atoms with van der Waals surface area (Å²) >= 11 is 0. The minimum absolute atomic E-state index is 0.0397.